The van der Waals surface area contributed by atoms with Gasteiger partial charge in [0.05, 0.1) is 17.9 Å². The van der Waals surface area contributed by atoms with E-state index in [1.807, 2.05) is 13.8 Å². The molecule has 0 radical (unpaired) electrons. The highest BCUT2D eigenvalue weighted by Gasteiger charge is 2.65. The summed E-state index contributed by atoms with van der Waals surface area (Å²) < 4.78 is 0. The van der Waals surface area contributed by atoms with Crippen molar-refractivity contribution in [2.24, 2.45) is 23.2 Å². The van der Waals surface area contributed by atoms with Crippen molar-refractivity contribution in [1.29, 1.82) is 0 Å². The molecular formula is C13H23NO4. The Labute approximate surface area is 108 Å². The Hall–Kier alpha value is -1.10. The van der Waals surface area contributed by atoms with Crippen molar-refractivity contribution in [2.75, 3.05) is 6.54 Å². The van der Waals surface area contributed by atoms with E-state index >= 15 is 0 Å². The van der Waals surface area contributed by atoms with Gasteiger partial charge in [0.2, 0.25) is 5.91 Å². The van der Waals surface area contributed by atoms with Crippen LogP contribution in [0.25, 0.3) is 0 Å². The maximum atomic E-state index is 11.8. The summed E-state index contributed by atoms with van der Waals surface area (Å²) in [5.41, 5.74) is -0.487. The molecule has 0 spiro atoms. The number of nitrogens with one attached hydrogen (secondary N) is 1. The molecule has 1 aliphatic rings. The number of carbonyl (C=O) groups is 2. The molecule has 0 bridgehead atoms. The molecule has 3 atom stereocenters. The number of aliphatic hydroxyl groups is 1. The topological polar surface area (TPSA) is 86.6 Å². The minimum Gasteiger partial charge on any atom is -0.481 e. The predicted octanol–water partition coefficient (Wildman–Crippen LogP) is 0.866. The first-order valence-corrected chi connectivity index (χ1v) is 6.36. The van der Waals surface area contributed by atoms with Gasteiger partial charge in [-0.3, -0.25) is 9.59 Å². The zero-order chi connectivity index (χ0) is 14.1. The van der Waals surface area contributed by atoms with Crippen LogP contribution in [0.1, 0.15) is 34.1 Å². The minimum absolute atomic E-state index is 0.190. The summed E-state index contributed by atoms with van der Waals surface area (Å²) in [7, 11) is 0. The molecule has 1 rings (SSSR count). The Morgan fingerprint density at radius 2 is 1.83 bits per heavy atom. The van der Waals surface area contributed by atoms with Gasteiger partial charge in [-0.2, -0.15) is 0 Å². The van der Waals surface area contributed by atoms with Crippen molar-refractivity contribution >= 4 is 11.9 Å². The van der Waals surface area contributed by atoms with Gasteiger partial charge >= 0.3 is 5.97 Å². The zero-order valence-electron chi connectivity index (χ0n) is 11.4. The van der Waals surface area contributed by atoms with Crippen LogP contribution in [0.3, 0.4) is 0 Å². The summed E-state index contributed by atoms with van der Waals surface area (Å²) in [5, 5.41) is 21.3. The van der Waals surface area contributed by atoms with Gasteiger partial charge < -0.3 is 15.5 Å². The number of hydrogen-bond donors (Lipinski definition) is 3. The molecule has 18 heavy (non-hydrogen) atoms. The van der Waals surface area contributed by atoms with Crippen LogP contribution >= 0.6 is 0 Å². The quantitative estimate of drug-likeness (QED) is 0.659. The summed E-state index contributed by atoms with van der Waals surface area (Å²) in [5.74, 6) is -1.93. The smallest absolute Gasteiger partial charge is 0.307 e. The van der Waals surface area contributed by atoms with Crippen LogP contribution < -0.4 is 5.32 Å². The highest BCUT2D eigenvalue weighted by atomic mass is 16.4. The third kappa shape index (κ3) is 3.22. The van der Waals surface area contributed by atoms with Gasteiger partial charge in [0.15, 0.2) is 0 Å². The molecule has 0 aromatic carbocycles. The van der Waals surface area contributed by atoms with Crippen molar-refractivity contribution in [3.05, 3.63) is 0 Å². The van der Waals surface area contributed by atoms with Crippen LogP contribution in [0.5, 0.6) is 0 Å². The highest BCUT2D eigenvalue weighted by Crippen LogP contribution is 2.58. The summed E-state index contributed by atoms with van der Waals surface area (Å²) in [6.07, 6.45) is 0.0514. The molecule has 0 aromatic heterocycles. The van der Waals surface area contributed by atoms with Gasteiger partial charge in [0, 0.05) is 6.54 Å². The largest absolute Gasteiger partial charge is 0.481 e. The zero-order valence-corrected chi connectivity index (χ0v) is 11.4. The molecule has 1 aliphatic carbocycles. The fraction of sp³-hybridized carbons (Fsp3) is 0.846. The number of aliphatic carboxylic acids is 1. The van der Waals surface area contributed by atoms with Crippen molar-refractivity contribution in [2.45, 2.75) is 40.2 Å². The third-order valence-electron chi connectivity index (χ3n) is 3.63. The van der Waals surface area contributed by atoms with E-state index in [-0.39, 0.29) is 12.5 Å². The number of amides is 1. The molecule has 0 saturated heterocycles. The van der Waals surface area contributed by atoms with Gasteiger partial charge in [-0.15, -0.1) is 0 Å². The molecular weight excluding hydrogens is 234 g/mol. The lowest BCUT2D eigenvalue weighted by Crippen LogP contribution is -2.34. The van der Waals surface area contributed by atoms with Gasteiger partial charge in [0.1, 0.15) is 0 Å². The Morgan fingerprint density at radius 3 is 2.22 bits per heavy atom. The van der Waals surface area contributed by atoms with E-state index in [9.17, 15) is 14.7 Å². The molecule has 3 N–H and O–H groups in total. The standard InChI is InChI=1S/C13H23NO4/c1-7(2)5-8(15)6-14-11(16)9-10(12(17)18)13(9,3)4/h7-10,15H,5-6H2,1-4H3,(H,14,16)(H,17,18). The number of carbonyl (C=O) groups excluding carboxylic acids is 1. The fourth-order valence-electron chi connectivity index (χ4n) is 2.54. The van der Waals surface area contributed by atoms with Gasteiger partial charge in [-0.25, -0.2) is 0 Å². The summed E-state index contributed by atoms with van der Waals surface area (Å²) in [6, 6.07) is 0. The summed E-state index contributed by atoms with van der Waals surface area (Å²) in [4.78, 5) is 22.8. The molecule has 0 heterocycles. The number of carboxylic acids is 1. The number of aliphatic hydroxyl groups excluding tert-OH is 1. The maximum absolute atomic E-state index is 11.8. The van der Waals surface area contributed by atoms with Crippen LogP contribution in [-0.4, -0.2) is 34.7 Å². The van der Waals surface area contributed by atoms with Crippen LogP contribution in [0.4, 0.5) is 0 Å². The van der Waals surface area contributed by atoms with Gasteiger partial charge in [-0.1, -0.05) is 27.7 Å². The normalized spacial score (nSPS) is 26.8. The van der Waals surface area contributed by atoms with Crippen LogP contribution in [0, 0.1) is 23.2 Å². The van der Waals surface area contributed by atoms with E-state index in [0.717, 1.165) is 0 Å². The Morgan fingerprint density at radius 1 is 1.28 bits per heavy atom. The van der Waals surface area contributed by atoms with E-state index in [2.05, 4.69) is 5.32 Å². The first-order valence-electron chi connectivity index (χ1n) is 6.36. The summed E-state index contributed by atoms with van der Waals surface area (Å²) in [6.45, 7) is 7.74. The lowest BCUT2D eigenvalue weighted by atomic mass is 10.1. The second-order valence-corrected chi connectivity index (χ2v) is 6.14. The lowest BCUT2D eigenvalue weighted by molar-refractivity contribution is -0.140. The molecule has 1 saturated carbocycles. The number of hydrogen-bond acceptors (Lipinski definition) is 3. The van der Waals surface area contributed by atoms with Crippen LogP contribution in [0.15, 0.2) is 0 Å². The fourth-order valence-corrected chi connectivity index (χ4v) is 2.54. The average molecular weight is 257 g/mol. The number of rotatable bonds is 6. The molecule has 5 nitrogen and oxygen atoms in total. The number of carboxylic acid groups (broad SMARTS) is 1. The average Bonchev–Trinajstić information content (AvgIpc) is 2.77. The maximum Gasteiger partial charge on any atom is 0.307 e. The first kappa shape index (κ1) is 15.0. The Kier molecular flexibility index (Phi) is 4.37. The van der Waals surface area contributed by atoms with Crippen molar-refractivity contribution in [1.82, 2.24) is 5.32 Å². The van der Waals surface area contributed by atoms with E-state index in [4.69, 9.17) is 5.11 Å². The monoisotopic (exact) mass is 257 g/mol. The molecule has 5 heteroatoms. The molecule has 0 aliphatic heterocycles. The molecule has 104 valence electrons. The molecule has 1 amide bonds. The highest BCUT2D eigenvalue weighted by molar-refractivity contribution is 5.91. The Balaban J connectivity index is 2.41. The van der Waals surface area contributed by atoms with Crippen molar-refractivity contribution < 1.29 is 19.8 Å². The second-order valence-electron chi connectivity index (χ2n) is 6.14. The van der Waals surface area contributed by atoms with E-state index < -0.39 is 29.3 Å². The second kappa shape index (κ2) is 5.26. The molecule has 0 aromatic rings. The van der Waals surface area contributed by atoms with Crippen molar-refractivity contribution in [3.8, 4) is 0 Å². The van der Waals surface area contributed by atoms with E-state index in [1.54, 1.807) is 13.8 Å². The summed E-state index contributed by atoms with van der Waals surface area (Å²) >= 11 is 0. The first-order chi connectivity index (χ1) is 8.17. The predicted molar refractivity (Wildman–Crippen MR) is 66.9 cm³/mol. The van der Waals surface area contributed by atoms with Gasteiger partial charge in [-0.05, 0) is 17.8 Å². The third-order valence-corrected chi connectivity index (χ3v) is 3.63. The van der Waals surface area contributed by atoms with Gasteiger partial charge in [0.25, 0.3) is 0 Å². The van der Waals surface area contributed by atoms with Crippen LogP contribution in [-0.2, 0) is 9.59 Å². The molecule has 3 unspecified atom stereocenters. The molecule has 1 fully saturated rings. The van der Waals surface area contributed by atoms with E-state index in [1.165, 1.54) is 0 Å². The van der Waals surface area contributed by atoms with E-state index in [0.29, 0.717) is 12.3 Å². The van der Waals surface area contributed by atoms with Crippen molar-refractivity contribution in [3.63, 3.8) is 0 Å². The lowest BCUT2D eigenvalue weighted by Gasteiger charge is -2.14. The van der Waals surface area contributed by atoms with Crippen LogP contribution in [0.2, 0.25) is 0 Å². The Bertz CT molecular complexity index is 338. The SMILES string of the molecule is CC(C)CC(O)CNC(=O)C1C(C(=O)O)C1(C)C. The minimum atomic E-state index is -0.928.